The highest BCUT2D eigenvalue weighted by molar-refractivity contribution is 5.70. The number of hydrogen-bond acceptors (Lipinski definition) is 5. The van der Waals surface area contributed by atoms with Gasteiger partial charge in [-0.15, -0.1) is 0 Å². The Labute approximate surface area is 383 Å². The fourth-order valence-corrected chi connectivity index (χ4v) is 7.01. The fraction of sp³-hybridized carbons (Fsp3) is 0.684. The predicted molar refractivity (Wildman–Crippen MR) is 269 cm³/mol. The van der Waals surface area contributed by atoms with Crippen LogP contribution in [0.1, 0.15) is 232 Å². The van der Waals surface area contributed by atoms with E-state index in [9.17, 15) is 14.7 Å². The Morgan fingerprint density at radius 1 is 0.387 bits per heavy atom. The molecule has 0 aliphatic heterocycles. The molecule has 1 unspecified atom stereocenters. The second kappa shape index (κ2) is 52.2. The summed E-state index contributed by atoms with van der Waals surface area (Å²) in [5, 5.41) is 9.62. The lowest BCUT2D eigenvalue weighted by Gasteiger charge is -2.15. The van der Waals surface area contributed by atoms with Gasteiger partial charge in [-0.3, -0.25) is 9.59 Å². The molecule has 0 rings (SSSR count). The molecule has 1 N–H and O–H groups in total. The van der Waals surface area contributed by atoms with Gasteiger partial charge in [0.05, 0.1) is 6.61 Å². The van der Waals surface area contributed by atoms with E-state index in [-0.39, 0.29) is 31.6 Å². The van der Waals surface area contributed by atoms with Gasteiger partial charge in [0.2, 0.25) is 0 Å². The summed E-state index contributed by atoms with van der Waals surface area (Å²) in [6, 6.07) is 0. The zero-order chi connectivity index (χ0) is 44.9. The highest BCUT2D eigenvalue weighted by atomic mass is 16.6. The molecule has 0 aliphatic carbocycles. The van der Waals surface area contributed by atoms with E-state index >= 15 is 0 Å². The zero-order valence-corrected chi connectivity index (χ0v) is 40.4. The van der Waals surface area contributed by atoms with E-state index in [1.807, 2.05) is 0 Å². The van der Waals surface area contributed by atoms with Crippen LogP contribution in [0.15, 0.2) is 97.2 Å². The quantitative estimate of drug-likeness (QED) is 0.0375. The Hall–Kier alpha value is -3.18. The minimum absolute atomic E-state index is 0.0935. The van der Waals surface area contributed by atoms with Gasteiger partial charge >= 0.3 is 11.9 Å². The number of aliphatic hydroxyl groups excluding tert-OH is 1. The first-order valence-corrected chi connectivity index (χ1v) is 25.8. The van der Waals surface area contributed by atoms with Gasteiger partial charge in [-0.25, -0.2) is 0 Å². The topological polar surface area (TPSA) is 72.8 Å². The summed E-state index contributed by atoms with van der Waals surface area (Å²) in [6.45, 7) is 3.99. The van der Waals surface area contributed by atoms with Crippen LogP contribution in [0, 0.1) is 0 Å². The number of hydrogen-bond donors (Lipinski definition) is 1. The molecule has 354 valence electrons. The highest BCUT2D eigenvalue weighted by Crippen LogP contribution is 2.15. The molecule has 0 aromatic rings. The molecule has 0 spiro atoms. The number of unbranched alkanes of at least 4 members (excludes halogenated alkanes) is 22. The molecule has 0 aromatic carbocycles. The van der Waals surface area contributed by atoms with Crippen molar-refractivity contribution in [3.63, 3.8) is 0 Å². The summed E-state index contributed by atoms with van der Waals surface area (Å²) < 4.78 is 10.6. The van der Waals surface area contributed by atoms with Crippen molar-refractivity contribution in [1.82, 2.24) is 0 Å². The summed E-state index contributed by atoms with van der Waals surface area (Å²) in [6.07, 6.45) is 73.7. The fourth-order valence-electron chi connectivity index (χ4n) is 7.01. The molecule has 0 saturated carbocycles. The largest absolute Gasteiger partial charge is 0.462 e. The van der Waals surface area contributed by atoms with Crippen LogP contribution in [0.2, 0.25) is 0 Å². The van der Waals surface area contributed by atoms with Crippen LogP contribution in [0.3, 0.4) is 0 Å². The van der Waals surface area contributed by atoms with Crippen LogP contribution in [-0.2, 0) is 19.1 Å². The van der Waals surface area contributed by atoms with E-state index in [0.717, 1.165) is 70.6 Å². The van der Waals surface area contributed by atoms with Crippen LogP contribution >= 0.6 is 0 Å². The molecule has 1 atom stereocenters. The summed E-state index contributed by atoms with van der Waals surface area (Å²) in [7, 11) is 0. The molecule has 0 amide bonds. The molecule has 0 saturated heterocycles. The second-order valence-corrected chi connectivity index (χ2v) is 16.9. The van der Waals surface area contributed by atoms with Crippen LogP contribution in [0.25, 0.3) is 0 Å². The number of carbonyl (C=O) groups excluding carboxylic acids is 2. The number of ether oxygens (including phenoxy) is 2. The lowest BCUT2D eigenvalue weighted by Crippen LogP contribution is -2.28. The van der Waals surface area contributed by atoms with Gasteiger partial charge in [-0.2, -0.15) is 0 Å². The van der Waals surface area contributed by atoms with Crippen molar-refractivity contribution in [2.75, 3.05) is 13.2 Å². The molecule has 0 heterocycles. The Kier molecular flexibility index (Phi) is 49.5. The summed E-state index contributed by atoms with van der Waals surface area (Å²) >= 11 is 0. The number of esters is 2. The van der Waals surface area contributed by atoms with Gasteiger partial charge in [0.25, 0.3) is 0 Å². The third-order valence-electron chi connectivity index (χ3n) is 10.9. The van der Waals surface area contributed by atoms with Crippen molar-refractivity contribution in [2.45, 2.75) is 238 Å². The van der Waals surface area contributed by atoms with Crippen LogP contribution in [0.5, 0.6) is 0 Å². The van der Waals surface area contributed by atoms with Gasteiger partial charge in [0.15, 0.2) is 6.10 Å². The Balaban J connectivity index is 3.61. The highest BCUT2D eigenvalue weighted by Gasteiger charge is 2.16. The molecule has 0 aliphatic rings. The van der Waals surface area contributed by atoms with Crippen LogP contribution in [-0.4, -0.2) is 36.4 Å². The van der Waals surface area contributed by atoms with Gasteiger partial charge in [-0.1, -0.05) is 227 Å². The van der Waals surface area contributed by atoms with E-state index in [4.69, 9.17) is 9.47 Å². The molecule has 0 aromatic heterocycles. The Bertz CT molecular complexity index is 1200. The smallest absolute Gasteiger partial charge is 0.306 e. The van der Waals surface area contributed by atoms with E-state index in [1.165, 1.54) is 128 Å². The summed E-state index contributed by atoms with van der Waals surface area (Å²) in [5.74, 6) is -0.661. The predicted octanol–water partition coefficient (Wildman–Crippen LogP) is 17.2. The number of aliphatic hydroxyl groups is 1. The minimum atomic E-state index is -0.809. The maximum absolute atomic E-state index is 12.2. The molecule has 5 heteroatoms. The first kappa shape index (κ1) is 58.8. The Morgan fingerprint density at radius 3 is 1.11 bits per heavy atom. The monoisotopic (exact) mass is 861 g/mol. The van der Waals surface area contributed by atoms with Gasteiger partial charge in [0, 0.05) is 12.8 Å². The van der Waals surface area contributed by atoms with Crippen LogP contribution in [0.4, 0.5) is 0 Å². The summed E-state index contributed by atoms with van der Waals surface area (Å²) in [5.41, 5.74) is 0. The maximum atomic E-state index is 12.2. The first-order valence-electron chi connectivity index (χ1n) is 25.8. The van der Waals surface area contributed by atoms with Crippen molar-refractivity contribution in [1.29, 1.82) is 0 Å². The first-order chi connectivity index (χ1) is 30.6. The van der Waals surface area contributed by atoms with Gasteiger partial charge in [-0.05, 0) is 89.9 Å². The standard InChI is InChI=1S/C57H96O5/c1-3-5-7-9-11-13-15-17-19-21-23-25-27-28-30-31-33-35-37-39-41-43-45-47-49-51-56(59)61-54-55(53-58)62-57(60)52-50-48-46-44-42-40-38-36-34-32-29-26-24-22-20-18-16-14-12-10-8-6-4-2/h6,8,12,14,18,20-21,23-24,26,32,34,38,40,44,46,55,58H,3-5,7,9-11,13,15-17,19,22,25,27-31,33,35-37,39,41-43,45,47-54H2,1-2H3/b8-6-,14-12-,20-18-,23-21-,26-24-,34-32-,40-38-,46-44-. The third-order valence-corrected chi connectivity index (χ3v) is 10.9. The van der Waals surface area contributed by atoms with Crippen molar-refractivity contribution in [2.24, 2.45) is 0 Å². The number of carbonyl (C=O) groups is 2. The average molecular weight is 861 g/mol. The molecule has 62 heavy (non-hydrogen) atoms. The van der Waals surface area contributed by atoms with Crippen molar-refractivity contribution >= 4 is 11.9 Å². The second-order valence-electron chi connectivity index (χ2n) is 16.9. The molecular formula is C57H96O5. The van der Waals surface area contributed by atoms with Crippen molar-refractivity contribution in [3.8, 4) is 0 Å². The molecule has 5 nitrogen and oxygen atoms in total. The normalized spacial score (nSPS) is 13.0. The SMILES string of the molecule is CC/C=C\C/C=C\C/C=C\C/C=C\C/C=C\C/C=C\C/C=C\CCCC(=O)OC(CO)COC(=O)CCCCCCCCCCCCCCC/C=C\CCCCCCCCCC. The third kappa shape index (κ3) is 49.5. The molecular weight excluding hydrogens is 765 g/mol. The zero-order valence-electron chi connectivity index (χ0n) is 40.4. The average Bonchev–Trinajstić information content (AvgIpc) is 3.28. The van der Waals surface area contributed by atoms with E-state index in [1.54, 1.807) is 0 Å². The minimum Gasteiger partial charge on any atom is -0.462 e. The van der Waals surface area contributed by atoms with Gasteiger partial charge < -0.3 is 14.6 Å². The number of allylic oxidation sites excluding steroid dienone is 16. The maximum Gasteiger partial charge on any atom is 0.306 e. The molecule has 0 radical (unpaired) electrons. The van der Waals surface area contributed by atoms with E-state index in [0.29, 0.717) is 12.8 Å². The lowest BCUT2D eigenvalue weighted by atomic mass is 10.0. The van der Waals surface area contributed by atoms with E-state index in [2.05, 4.69) is 111 Å². The van der Waals surface area contributed by atoms with Crippen molar-refractivity contribution < 1.29 is 24.2 Å². The van der Waals surface area contributed by atoms with E-state index < -0.39 is 6.10 Å². The lowest BCUT2D eigenvalue weighted by molar-refractivity contribution is -0.161. The Morgan fingerprint density at radius 2 is 0.710 bits per heavy atom. The molecule has 0 fully saturated rings. The number of rotatable bonds is 46. The van der Waals surface area contributed by atoms with Crippen molar-refractivity contribution in [3.05, 3.63) is 97.2 Å². The summed E-state index contributed by atoms with van der Waals surface area (Å²) in [4.78, 5) is 24.4. The molecule has 0 bridgehead atoms. The van der Waals surface area contributed by atoms with Crippen LogP contribution < -0.4 is 0 Å². The van der Waals surface area contributed by atoms with Gasteiger partial charge in [0.1, 0.15) is 6.61 Å².